The van der Waals surface area contributed by atoms with Crippen LogP contribution in [0.4, 0.5) is 0 Å². The number of aromatic nitrogens is 4. The number of likely N-dealkylation sites (tertiary alicyclic amines) is 1. The van der Waals surface area contributed by atoms with E-state index in [-0.39, 0.29) is 5.60 Å². The molecule has 0 unspecified atom stereocenters. The maximum Gasteiger partial charge on any atom is 0.264 e. The number of benzene rings is 2. The van der Waals surface area contributed by atoms with Gasteiger partial charge in [-0.2, -0.15) is 9.61 Å². The predicted octanol–water partition coefficient (Wildman–Crippen LogP) is 5.89. The molecule has 1 saturated heterocycles. The largest absolute Gasteiger partial charge is 0.359 e. The average molecular weight is 556 g/mol. The highest BCUT2D eigenvalue weighted by Crippen LogP contribution is 2.42. The topological polar surface area (TPSA) is 75.6 Å². The first kappa shape index (κ1) is 25.2. The fourth-order valence-electron chi connectivity index (χ4n) is 6.68. The van der Waals surface area contributed by atoms with Gasteiger partial charge in [0.25, 0.3) is 5.70 Å². The molecule has 42 heavy (non-hydrogen) atoms. The van der Waals surface area contributed by atoms with Gasteiger partial charge in [0.15, 0.2) is 11.3 Å². The summed E-state index contributed by atoms with van der Waals surface area (Å²) in [6.45, 7) is 5.57. The smallest absolute Gasteiger partial charge is 0.264 e. The lowest BCUT2D eigenvalue weighted by atomic mass is 9.83. The fraction of sp³-hybridized carbons (Fsp3) is 0.265. The molecule has 3 aromatic heterocycles. The van der Waals surface area contributed by atoms with E-state index < -0.39 is 0 Å². The van der Waals surface area contributed by atoms with E-state index >= 15 is 0 Å². The standard InChI is InChI=1S/C34H31N6O2/c1-23-18-31-35-20-27-19-28(25-6-3-2-4-7-25)32(36-33(27)40(31)37-23)26-11-9-24(10-12-26)21-38-16-13-34(14-17-38)29-8-5-15-39(41)30(29)22-42-34/h2-12,18-20H,13-17,21-22H2,1H3/q+1. The first-order valence-electron chi connectivity index (χ1n) is 14.6. The molecule has 0 bridgehead atoms. The van der Waals surface area contributed by atoms with Crippen molar-refractivity contribution in [1.29, 1.82) is 0 Å². The minimum Gasteiger partial charge on any atom is -0.359 e. The Kier molecular flexibility index (Phi) is 5.87. The first-order valence-corrected chi connectivity index (χ1v) is 14.6. The van der Waals surface area contributed by atoms with Crippen molar-refractivity contribution in [3.8, 4) is 22.4 Å². The number of aryl methyl sites for hydroxylation is 1. The van der Waals surface area contributed by atoms with Crippen LogP contribution < -0.4 is 0 Å². The van der Waals surface area contributed by atoms with Crippen LogP contribution in [0.3, 0.4) is 0 Å². The lowest BCUT2D eigenvalue weighted by molar-refractivity contribution is -0.492. The van der Waals surface area contributed by atoms with E-state index in [2.05, 4.69) is 75.7 Å². The minimum absolute atomic E-state index is 0.307. The van der Waals surface area contributed by atoms with Gasteiger partial charge in [-0.1, -0.05) is 54.6 Å². The van der Waals surface area contributed by atoms with Crippen LogP contribution in [0, 0.1) is 11.8 Å². The number of nitroso groups, excluding NO2 is 1. The highest BCUT2D eigenvalue weighted by Gasteiger charge is 2.49. The number of hydrogen-bond donors (Lipinski definition) is 0. The first-order chi connectivity index (χ1) is 20.6. The molecular weight excluding hydrogens is 524 g/mol. The summed E-state index contributed by atoms with van der Waals surface area (Å²) >= 11 is 0. The lowest BCUT2D eigenvalue weighted by Crippen LogP contribution is -2.45. The number of pyridine rings is 1. The highest BCUT2D eigenvalue weighted by molar-refractivity contribution is 5.90. The van der Waals surface area contributed by atoms with E-state index in [0.717, 1.165) is 93.3 Å². The Morgan fingerprint density at radius 2 is 1.81 bits per heavy atom. The second-order valence-corrected chi connectivity index (χ2v) is 11.6. The molecule has 8 rings (SSSR count). The summed E-state index contributed by atoms with van der Waals surface area (Å²) in [5, 5.41) is 5.62. The third kappa shape index (κ3) is 4.18. The van der Waals surface area contributed by atoms with Crippen molar-refractivity contribution >= 4 is 16.7 Å². The van der Waals surface area contributed by atoms with Crippen molar-refractivity contribution in [2.45, 2.75) is 31.9 Å². The number of hydrogen-bond acceptors (Lipinski definition) is 6. The molecule has 1 spiro atoms. The van der Waals surface area contributed by atoms with Crippen LogP contribution in [0.25, 0.3) is 39.1 Å². The number of fused-ring (bicyclic) bond motifs is 4. The van der Waals surface area contributed by atoms with Crippen LogP contribution in [0.1, 0.15) is 24.1 Å². The van der Waals surface area contributed by atoms with Crippen molar-refractivity contribution < 1.29 is 9.50 Å². The van der Waals surface area contributed by atoms with Gasteiger partial charge in [0.1, 0.15) is 12.2 Å². The Balaban J connectivity index is 1.07. The third-order valence-electron chi connectivity index (χ3n) is 8.91. The molecule has 208 valence electrons. The van der Waals surface area contributed by atoms with E-state index in [9.17, 15) is 4.91 Å². The average Bonchev–Trinajstić information content (AvgIpc) is 3.59. The molecule has 0 aliphatic carbocycles. The van der Waals surface area contributed by atoms with Gasteiger partial charge in [0, 0.05) is 58.1 Å². The molecule has 8 heteroatoms. The minimum atomic E-state index is -0.307. The van der Waals surface area contributed by atoms with Gasteiger partial charge in [-0.15, -0.1) is 0 Å². The Morgan fingerprint density at radius 1 is 1.00 bits per heavy atom. The van der Waals surface area contributed by atoms with Gasteiger partial charge in [-0.05, 0) is 49.1 Å². The molecule has 3 aliphatic heterocycles. The van der Waals surface area contributed by atoms with Crippen LogP contribution in [-0.4, -0.2) is 61.1 Å². The SMILES string of the molecule is Cc1cc2ncc3cc(-c4ccccc4)c(-c4ccc(CN5CCC6(CC5)OCC5=C6C=CC[N+]5=O)cc4)nc3n2n1. The van der Waals surface area contributed by atoms with Crippen LogP contribution in [0.5, 0.6) is 0 Å². The third-order valence-corrected chi connectivity index (χ3v) is 8.91. The number of nitrogens with zero attached hydrogens (tertiary/aromatic N) is 6. The van der Waals surface area contributed by atoms with Crippen molar-refractivity contribution in [3.05, 3.63) is 113 Å². The van der Waals surface area contributed by atoms with Crippen LogP contribution in [0.15, 0.2) is 96.3 Å². The maximum absolute atomic E-state index is 12.3. The molecule has 0 radical (unpaired) electrons. The normalized spacial score (nSPS) is 18.5. The second-order valence-electron chi connectivity index (χ2n) is 11.6. The van der Waals surface area contributed by atoms with Crippen molar-refractivity contribution in [3.63, 3.8) is 0 Å². The number of piperidine rings is 1. The predicted molar refractivity (Wildman–Crippen MR) is 162 cm³/mol. The Bertz CT molecular complexity index is 1920. The number of rotatable bonds is 4. The summed E-state index contributed by atoms with van der Waals surface area (Å²) in [7, 11) is 0. The van der Waals surface area contributed by atoms with Crippen LogP contribution in [0.2, 0.25) is 0 Å². The van der Waals surface area contributed by atoms with E-state index in [0.29, 0.717) is 13.2 Å². The van der Waals surface area contributed by atoms with Gasteiger partial charge in [0.2, 0.25) is 6.54 Å². The zero-order chi connectivity index (χ0) is 28.3. The molecule has 0 saturated carbocycles. The summed E-state index contributed by atoms with van der Waals surface area (Å²) in [6, 6.07) is 23.3. The molecule has 6 heterocycles. The van der Waals surface area contributed by atoms with Gasteiger partial charge in [-0.25, -0.2) is 9.97 Å². The van der Waals surface area contributed by atoms with Crippen LogP contribution in [-0.2, 0) is 11.3 Å². The van der Waals surface area contributed by atoms with Crippen molar-refractivity contribution in [1.82, 2.24) is 24.5 Å². The molecule has 0 N–H and O–H groups in total. The summed E-state index contributed by atoms with van der Waals surface area (Å²) in [6.07, 6.45) is 7.76. The summed E-state index contributed by atoms with van der Waals surface area (Å²) in [5.41, 5.74) is 9.57. The summed E-state index contributed by atoms with van der Waals surface area (Å²) in [5.74, 6) is 0. The van der Waals surface area contributed by atoms with Gasteiger partial charge in [0.05, 0.1) is 17.0 Å². The maximum atomic E-state index is 12.3. The second kappa shape index (κ2) is 9.79. The zero-order valence-corrected chi connectivity index (χ0v) is 23.5. The van der Waals surface area contributed by atoms with Gasteiger partial charge >= 0.3 is 0 Å². The number of ether oxygens (including phenoxy) is 1. The molecule has 2 aromatic carbocycles. The lowest BCUT2D eigenvalue weighted by Gasteiger charge is -2.39. The summed E-state index contributed by atoms with van der Waals surface area (Å²) in [4.78, 5) is 24.5. The quantitative estimate of drug-likeness (QED) is 0.258. The van der Waals surface area contributed by atoms with Crippen molar-refractivity contribution in [2.24, 2.45) is 0 Å². The van der Waals surface area contributed by atoms with E-state index in [1.54, 1.807) is 0 Å². The molecule has 5 aromatic rings. The molecule has 3 aliphatic rings. The Hall–Kier alpha value is -4.53. The highest BCUT2D eigenvalue weighted by atomic mass is 16.5. The molecule has 1 fully saturated rings. The summed E-state index contributed by atoms with van der Waals surface area (Å²) < 4.78 is 9.18. The zero-order valence-electron chi connectivity index (χ0n) is 23.5. The van der Waals surface area contributed by atoms with Crippen molar-refractivity contribution in [2.75, 3.05) is 26.2 Å². The van der Waals surface area contributed by atoms with Crippen LogP contribution >= 0.6 is 0 Å². The monoisotopic (exact) mass is 555 g/mol. The van der Waals surface area contributed by atoms with Gasteiger partial charge < -0.3 is 4.74 Å². The molecular formula is C34H31N6O2+. The van der Waals surface area contributed by atoms with E-state index in [1.807, 2.05) is 35.8 Å². The molecule has 0 atom stereocenters. The Morgan fingerprint density at radius 3 is 2.62 bits per heavy atom. The fourth-order valence-corrected chi connectivity index (χ4v) is 6.68. The molecule has 8 nitrogen and oxygen atoms in total. The van der Waals surface area contributed by atoms with E-state index in [4.69, 9.17) is 9.72 Å². The molecule has 0 amide bonds. The van der Waals surface area contributed by atoms with E-state index in [1.165, 1.54) is 5.56 Å². The Labute approximate surface area is 243 Å². The van der Waals surface area contributed by atoms with Gasteiger partial charge in [-0.3, -0.25) is 4.90 Å².